The molecule has 1 saturated heterocycles. The number of likely N-dealkylation sites (tertiary alicyclic amines) is 1. The summed E-state index contributed by atoms with van der Waals surface area (Å²) >= 11 is 6.20. The number of rotatable bonds is 6. The SMILES string of the molecule is CC(=O)NCCC1CCN(C(=O)C(C)(C)Oc2cc(C)ccc2Cl)CC1. The van der Waals surface area contributed by atoms with Gasteiger partial charge in [-0.3, -0.25) is 9.59 Å². The minimum Gasteiger partial charge on any atom is -0.476 e. The van der Waals surface area contributed by atoms with Crippen LogP contribution in [-0.4, -0.2) is 41.9 Å². The molecule has 6 heteroatoms. The highest BCUT2D eigenvalue weighted by Crippen LogP contribution is 2.30. The van der Waals surface area contributed by atoms with Gasteiger partial charge in [-0.25, -0.2) is 0 Å². The lowest BCUT2D eigenvalue weighted by Crippen LogP contribution is -2.51. The zero-order valence-electron chi connectivity index (χ0n) is 16.1. The molecule has 0 radical (unpaired) electrons. The fraction of sp³-hybridized carbons (Fsp3) is 0.600. The van der Waals surface area contributed by atoms with E-state index in [2.05, 4.69) is 5.32 Å². The van der Waals surface area contributed by atoms with Gasteiger partial charge in [-0.15, -0.1) is 0 Å². The average Bonchev–Trinajstić information content (AvgIpc) is 2.57. The molecule has 2 rings (SSSR count). The van der Waals surface area contributed by atoms with E-state index in [9.17, 15) is 9.59 Å². The maximum absolute atomic E-state index is 12.9. The molecule has 26 heavy (non-hydrogen) atoms. The highest BCUT2D eigenvalue weighted by atomic mass is 35.5. The summed E-state index contributed by atoms with van der Waals surface area (Å²) in [5, 5.41) is 3.34. The van der Waals surface area contributed by atoms with Gasteiger partial charge >= 0.3 is 0 Å². The van der Waals surface area contributed by atoms with Crippen LogP contribution in [0.4, 0.5) is 0 Å². The lowest BCUT2D eigenvalue weighted by Gasteiger charge is -2.37. The molecule has 0 saturated carbocycles. The number of nitrogens with one attached hydrogen (secondary N) is 1. The molecule has 1 aliphatic heterocycles. The molecule has 0 aromatic heterocycles. The Labute approximate surface area is 161 Å². The van der Waals surface area contributed by atoms with Crippen LogP contribution in [0.2, 0.25) is 5.02 Å². The normalized spacial score (nSPS) is 15.7. The van der Waals surface area contributed by atoms with Crippen LogP contribution in [0, 0.1) is 12.8 Å². The van der Waals surface area contributed by atoms with Crippen LogP contribution in [0.1, 0.15) is 45.6 Å². The highest BCUT2D eigenvalue weighted by Gasteiger charge is 2.36. The van der Waals surface area contributed by atoms with Gasteiger partial charge < -0.3 is 15.0 Å². The predicted octanol–water partition coefficient (Wildman–Crippen LogP) is 3.57. The van der Waals surface area contributed by atoms with Crippen LogP contribution in [0.3, 0.4) is 0 Å². The van der Waals surface area contributed by atoms with Crippen LogP contribution < -0.4 is 10.1 Å². The molecule has 0 atom stereocenters. The Morgan fingerprint density at radius 3 is 2.58 bits per heavy atom. The quantitative estimate of drug-likeness (QED) is 0.820. The van der Waals surface area contributed by atoms with Crippen LogP contribution in [0.15, 0.2) is 18.2 Å². The second-order valence-electron chi connectivity index (χ2n) is 7.55. The Balaban J connectivity index is 1.90. The maximum Gasteiger partial charge on any atom is 0.266 e. The van der Waals surface area contributed by atoms with Crippen molar-refractivity contribution in [2.24, 2.45) is 5.92 Å². The summed E-state index contributed by atoms with van der Waals surface area (Å²) in [7, 11) is 0. The van der Waals surface area contributed by atoms with E-state index < -0.39 is 5.60 Å². The smallest absolute Gasteiger partial charge is 0.266 e. The average molecular weight is 381 g/mol. The largest absolute Gasteiger partial charge is 0.476 e. The van der Waals surface area contributed by atoms with E-state index in [4.69, 9.17) is 16.3 Å². The third-order valence-electron chi connectivity index (χ3n) is 4.80. The lowest BCUT2D eigenvalue weighted by atomic mass is 9.92. The first kappa shape index (κ1) is 20.6. The van der Waals surface area contributed by atoms with Crippen molar-refractivity contribution in [1.29, 1.82) is 0 Å². The van der Waals surface area contributed by atoms with Gasteiger partial charge in [0.2, 0.25) is 5.91 Å². The van der Waals surface area contributed by atoms with Crippen molar-refractivity contribution >= 4 is 23.4 Å². The van der Waals surface area contributed by atoms with Crippen molar-refractivity contribution < 1.29 is 14.3 Å². The number of aryl methyl sites for hydroxylation is 1. The monoisotopic (exact) mass is 380 g/mol. The molecule has 1 fully saturated rings. The fourth-order valence-electron chi connectivity index (χ4n) is 3.27. The molecule has 1 N–H and O–H groups in total. The molecule has 1 heterocycles. The van der Waals surface area contributed by atoms with Crippen LogP contribution >= 0.6 is 11.6 Å². The van der Waals surface area contributed by atoms with Gasteiger partial charge in [0.15, 0.2) is 5.60 Å². The number of carbonyl (C=O) groups excluding carboxylic acids is 2. The fourth-order valence-corrected chi connectivity index (χ4v) is 3.42. The van der Waals surface area contributed by atoms with Gasteiger partial charge in [0.25, 0.3) is 5.91 Å². The zero-order chi connectivity index (χ0) is 19.3. The van der Waals surface area contributed by atoms with Gasteiger partial charge in [-0.05, 0) is 63.6 Å². The number of piperidine rings is 1. The summed E-state index contributed by atoms with van der Waals surface area (Å²) in [5.41, 5.74) is 0.0631. The molecule has 2 amide bonds. The van der Waals surface area contributed by atoms with Crippen molar-refractivity contribution in [2.75, 3.05) is 19.6 Å². The molecule has 144 valence electrons. The van der Waals surface area contributed by atoms with Gasteiger partial charge in [0.05, 0.1) is 5.02 Å². The summed E-state index contributed by atoms with van der Waals surface area (Å²) in [6.07, 6.45) is 2.86. The van der Waals surface area contributed by atoms with Crippen molar-refractivity contribution in [3.05, 3.63) is 28.8 Å². The van der Waals surface area contributed by atoms with Crippen molar-refractivity contribution in [3.63, 3.8) is 0 Å². The zero-order valence-corrected chi connectivity index (χ0v) is 16.9. The Morgan fingerprint density at radius 1 is 1.31 bits per heavy atom. The van der Waals surface area contributed by atoms with Gasteiger partial charge in [0, 0.05) is 26.6 Å². The number of nitrogens with zero attached hydrogens (tertiary/aromatic N) is 1. The van der Waals surface area contributed by atoms with E-state index >= 15 is 0 Å². The molecule has 1 aromatic rings. The Morgan fingerprint density at radius 2 is 1.96 bits per heavy atom. The second kappa shape index (κ2) is 8.76. The number of hydrogen-bond acceptors (Lipinski definition) is 3. The molecule has 0 spiro atoms. The predicted molar refractivity (Wildman–Crippen MR) is 104 cm³/mol. The van der Waals surface area contributed by atoms with Gasteiger partial charge in [-0.2, -0.15) is 0 Å². The van der Waals surface area contributed by atoms with Crippen LogP contribution in [-0.2, 0) is 9.59 Å². The number of halogens is 1. The number of carbonyl (C=O) groups is 2. The Bertz CT molecular complexity index is 652. The second-order valence-corrected chi connectivity index (χ2v) is 7.96. The molecule has 0 unspecified atom stereocenters. The van der Waals surface area contributed by atoms with E-state index in [1.165, 1.54) is 6.92 Å². The van der Waals surface area contributed by atoms with Gasteiger partial charge in [0.1, 0.15) is 5.75 Å². The first-order valence-electron chi connectivity index (χ1n) is 9.18. The summed E-state index contributed by atoms with van der Waals surface area (Å²) in [4.78, 5) is 25.7. The first-order chi connectivity index (χ1) is 12.2. The molecule has 0 aliphatic carbocycles. The molecular formula is C20H29ClN2O3. The van der Waals surface area contributed by atoms with Gasteiger partial charge in [-0.1, -0.05) is 17.7 Å². The summed E-state index contributed by atoms with van der Waals surface area (Å²) in [6.45, 7) is 9.21. The summed E-state index contributed by atoms with van der Waals surface area (Å²) in [6, 6.07) is 5.55. The molecule has 1 aliphatic rings. The number of amides is 2. The van der Waals surface area contributed by atoms with E-state index in [1.54, 1.807) is 19.9 Å². The standard InChI is InChI=1S/C20H29ClN2O3/c1-14-5-6-17(21)18(13-14)26-20(3,4)19(25)23-11-8-16(9-12-23)7-10-22-15(2)24/h5-6,13,16H,7-12H2,1-4H3,(H,22,24). The van der Waals surface area contributed by atoms with Crippen molar-refractivity contribution in [1.82, 2.24) is 10.2 Å². The van der Waals surface area contributed by atoms with Crippen molar-refractivity contribution in [3.8, 4) is 5.75 Å². The number of benzene rings is 1. The van der Waals surface area contributed by atoms with E-state index in [-0.39, 0.29) is 11.8 Å². The summed E-state index contributed by atoms with van der Waals surface area (Å²) in [5.74, 6) is 1.07. The van der Waals surface area contributed by atoms with Crippen molar-refractivity contribution in [2.45, 2.75) is 52.6 Å². The topological polar surface area (TPSA) is 58.6 Å². The first-order valence-corrected chi connectivity index (χ1v) is 9.56. The maximum atomic E-state index is 12.9. The summed E-state index contributed by atoms with van der Waals surface area (Å²) < 4.78 is 5.98. The minimum absolute atomic E-state index is 0.00585. The van der Waals surface area contributed by atoms with E-state index in [0.29, 0.717) is 23.2 Å². The third-order valence-corrected chi connectivity index (χ3v) is 5.11. The lowest BCUT2D eigenvalue weighted by molar-refractivity contribution is -0.147. The third kappa shape index (κ3) is 5.63. The molecule has 1 aromatic carbocycles. The number of ether oxygens (including phenoxy) is 1. The highest BCUT2D eigenvalue weighted by molar-refractivity contribution is 6.32. The van der Waals surface area contributed by atoms with E-state index in [1.807, 2.05) is 24.0 Å². The van der Waals surface area contributed by atoms with E-state index in [0.717, 1.165) is 37.9 Å². The minimum atomic E-state index is -0.972. The number of hydrogen-bond donors (Lipinski definition) is 1. The molecule has 0 bridgehead atoms. The van der Waals surface area contributed by atoms with Crippen LogP contribution in [0.5, 0.6) is 5.75 Å². The molecular weight excluding hydrogens is 352 g/mol. The Kier molecular flexibility index (Phi) is 6.93. The van der Waals surface area contributed by atoms with Crippen LogP contribution in [0.25, 0.3) is 0 Å². The molecule has 5 nitrogen and oxygen atoms in total. The Hall–Kier alpha value is -1.75.